The lowest BCUT2D eigenvalue weighted by Gasteiger charge is -2.22. The van der Waals surface area contributed by atoms with Crippen LogP contribution in [-0.2, 0) is 6.54 Å². The Morgan fingerprint density at radius 1 is 1.07 bits per heavy atom. The summed E-state index contributed by atoms with van der Waals surface area (Å²) in [7, 11) is 0. The molecule has 0 radical (unpaired) electrons. The van der Waals surface area contributed by atoms with Crippen molar-refractivity contribution in [1.29, 1.82) is 0 Å². The van der Waals surface area contributed by atoms with Crippen molar-refractivity contribution in [3.8, 4) is 0 Å². The molecule has 0 aliphatic rings. The maximum Gasteiger partial charge on any atom is 0.261 e. The third-order valence-electron chi connectivity index (χ3n) is 4.85. The van der Waals surface area contributed by atoms with Crippen LogP contribution in [0.5, 0.6) is 0 Å². The van der Waals surface area contributed by atoms with E-state index in [1.807, 2.05) is 38.1 Å². The summed E-state index contributed by atoms with van der Waals surface area (Å²) in [6.45, 7) is 5.63. The minimum atomic E-state index is -0.581. The Kier molecular flexibility index (Phi) is 5.22. The number of carbonyl (C=O) groups excluding carboxylic acids is 1. The fourth-order valence-corrected chi connectivity index (χ4v) is 3.31. The van der Waals surface area contributed by atoms with Gasteiger partial charge < -0.3 is 4.90 Å². The number of rotatable bonds is 4. The van der Waals surface area contributed by atoms with E-state index in [0.29, 0.717) is 33.7 Å². The van der Waals surface area contributed by atoms with Gasteiger partial charge >= 0.3 is 0 Å². The van der Waals surface area contributed by atoms with E-state index >= 15 is 0 Å². The van der Waals surface area contributed by atoms with Gasteiger partial charge in [-0.2, -0.15) is 9.50 Å². The molecule has 6 nitrogen and oxygen atoms in total. The lowest BCUT2D eigenvalue weighted by Crippen LogP contribution is -2.31. The largest absolute Gasteiger partial charge is 0.301 e. The average molecular weight is 424 g/mol. The average Bonchev–Trinajstić information content (AvgIpc) is 3.13. The van der Waals surface area contributed by atoms with Crippen LogP contribution in [-0.4, -0.2) is 25.5 Å². The molecule has 2 aromatic heterocycles. The minimum Gasteiger partial charge on any atom is -0.301 e. The number of fused-ring (bicyclic) bond motifs is 1. The van der Waals surface area contributed by atoms with E-state index in [2.05, 4.69) is 15.1 Å². The molecule has 30 heavy (non-hydrogen) atoms. The summed E-state index contributed by atoms with van der Waals surface area (Å²) in [6.07, 6.45) is 0. The highest BCUT2D eigenvalue weighted by Crippen LogP contribution is 2.23. The summed E-state index contributed by atoms with van der Waals surface area (Å²) in [5.41, 5.74) is 3.01. The summed E-state index contributed by atoms with van der Waals surface area (Å²) in [5, 5.41) is 4.98. The summed E-state index contributed by atoms with van der Waals surface area (Å²) in [4.78, 5) is 23.5. The van der Waals surface area contributed by atoms with Gasteiger partial charge in [-0.05, 0) is 45.0 Å². The fraction of sp³-hybridized carbons (Fsp3) is 0.182. The maximum atomic E-state index is 14.3. The molecule has 4 rings (SSSR count). The quantitative estimate of drug-likeness (QED) is 0.477. The first-order valence-electron chi connectivity index (χ1n) is 9.36. The van der Waals surface area contributed by atoms with E-state index in [4.69, 9.17) is 11.6 Å². The van der Waals surface area contributed by atoms with Gasteiger partial charge in [0.1, 0.15) is 5.82 Å². The maximum absolute atomic E-state index is 14.3. The van der Waals surface area contributed by atoms with Crippen molar-refractivity contribution >= 4 is 29.0 Å². The third kappa shape index (κ3) is 3.64. The molecular formula is C22H19ClFN5O. The van der Waals surface area contributed by atoms with E-state index in [-0.39, 0.29) is 12.1 Å². The van der Waals surface area contributed by atoms with Gasteiger partial charge in [0.15, 0.2) is 5.82 Å². The highest BCUT2D eigenvalue weighted by molar-refractivity contribution is 6.31. The van der Waals surface area contributed by atoms with Crippen LogP contribution in [0.1, 0.15) is 33.1 Å². The van der Waals surface area contributed by atoms with Gasteiger partial charge in [-0.25, -0.2) is 9.37 Å². The number of hydrogen-bond donors (Lipinski definition) is 0. The van der Waals surface area contributed by atoms with Crippen molar-refractivity contribution in [2.75, 3.05) is 4.90 Å². The number of halogens is 2. The van der Waals surface area contributed by atoms with Crippen LogP contribution in [0.2, 0.25) is 5.02 Å². The number of anilines is 1. The molecule has 0 unspecified atom stereocenters. The molecule has 4 aromatic rings. The van der Waals surface area contributed by atoms with Crippen molar-refractivity contribution in [3.63, 3.8) is 0 Å². The van der Waals surface area contributed by atoms with E-state index in [0.717, 1.165) is 5.56 Å². The molecule has 2 aromatic carbocycles. The van der Waals surface area contributed by atoms with Crippen molar-refractivity contribution in [2.24, 2.45) is 0 Å². The Bertz CT molecular complexity index is 1250. The third-order valence-corrected chi connectivity index (χ3v) is 5.40. The van der Waals surface area contributed by atoms with E-state index < -0.39 is 11.7 Å². The number of benzene rings is 2. The Morgan fingerprint density at radius 2 is 1.77 bits per heavy atom. The van der Waals surface area contributed by atoms with Crippen molar-refractivity contribution in [1.82, 2.24) is 19.6 Å². The Hall–Kier alpha value is -3.32. The molecule has 0 N–H and O–H groups in total. The fourth-order valence-electron chi connectivity index (χ4n) is 3.19. The number of aromatic nitrogens is 4. The number of nitrogens with zero attached hydrogens (tertiary/aromatic N) is 5. The molecule has 152 valence electrons. The predicted molar refractivity (Wildman–Crippen MR) is 113 cm³/mol. The smallest absolute Gasteiger partial charge is 0.261 e. The van der Waals surface area contributed by atoms with Gasteiger partial charge in [0.25, 0.3) is 11.7 Å². The molecule has 0 saturated heterocycles. The number of hydrogen-bond acceptors (Lipinski definition) is 4. The second-order valence-corrected chi connectivity index (χ2v) is 7.42. The standard InChI is InChI=1S/C22H19ClFN5O/c1-13-8-10-16(11-9-13)28(21(30)17-6-4-5-7-18(17)24)12-19-26-22-25-14(2)20(23)15(3)29(22)27-19/h4-11H,12H2,1-3H3. The molecule has 0 saturated carbocycles. The molecule has 0 aliphatic heterocycles. The zero-order valence-electron chi connectivity index (χ0n) is 16.7. The molecule has 0 atom stereocenters. The van der Waals surface area contributed by atoms with Crippen LogP contribution in [0.15, 0.2) is 48.5 Å². The van der Waals surface area contributed by atoms with Crippen molar-refractivity contribution < 1.29 is 9.18 Å². The first kappa shape index (κ1) is 20.0. The van der Waals surface area contributed by atoms with Gasteiger partial charge in [0, 0.05) is 5.69 Å². The topological polar surface area (TPSA) is 63.4 Å². The molecular weight excluding hydrogens is 405 g/mol. The number of amides is 1. The zero-order valence-corrected chi connectivity index (χ0v) is 17.5. The summed E-state index contributed by atoms with van der Waals surface area (Å²) < 4.78 is 15.9. The van der Waals surface area contributed by atoms with Gasteiger partial charge in [-0.1, -0.05) is 41.4 Å². The van der Waals surface area contributed by atoms with Crippen LogP contribution >= 0.6 is 11.6 Å². The predicted octanol–water partition coefficient (Wildman–Crippen LogP) is 4.69. The van der Waals surface area contributed by atoms with E-state index in [1.54, 1.807) is 23.6 Å². The van der Waals surface area contributed by atoms with Crippen LogP contribution in [0.3, 0.4) is 0 Å². The van der Waals surface area contributed by atoms with E-state index in [9.17, 15) is 9.18 Å². The summed E-state index contributed by atoms with van der Waals surface area (Å²) in [5.74, 6) is -0.290. The van der Waals surface area contributed by atoms with Gasteiger partial charge in [0.2, 0.25) is 0 Å². The molecule has 0 bridgehead atoms. The summed E-state index contributed by atoms with van der Waals surface area (Å²) >= 11 is 6.27. The highest BCUT2D eigenvalue weighted by Gasteiger charge is 2.23. The van der Waals surface area contributed by atoms with Crippen molar-refractivity contribution in [3.05, 3.63) is 87.7 Å². The Balaban J connectivity index is 1.78. The molecule has 1 amide bonds. The van der Waals surface area contributed by atoms with Crippen LogP contribution < -0.4 is 4.90 Å². The molecule has 0 fully saturated rings. The number of aryl methyl sites for hydroxylation is 3. The first-order chi connectivity index (χ1) is 14.3. The SMILES string of the molecule is Cc1ccc(N(Cc2nc3nc(C)c(Cl)c(C)n3n2)C(=O)c2ccccc2F)cc1. The number of carbonyl (C=O) groups is 1. The Morgan fingerprint density at radius 3 is 2.47 bits per heavy atom. The zero-order chi connectivity index (χ0) is 21.4. The highest BCUT2D eigenvalue weighted by atomic mass is 35.5. The second kappa shape index (κ2) is 7.84. The molecule has 8 heteroatoms. The lowest BCUT2D eigenvalue weighted by atomic mass is 10.1. The minimum absolute atomic E-state index is 0.0185. The van der Waals surface area contributed by atoms with Gasteiger partial charge in [0.05, 0.1) is 28.5 Å². The first-order valence-corrected chi connectivity index (χ1v) is 9.74. The molecule has 0 spiro atoms. The van der Waals surface area contributed by atoms with Crippen LogP contribution in [0, 0.1) is 26.6 Å². The summed E-state index contributed by atoms with van der Waals surface area (Å²) in [6, 6.07) is 13.3. The lowest BCUT2D eigenvalue weighted by molar-refractivity contribution is 0.0980. The van der Waals surface area contributed by atoms with Gasteiger partial charge in [-0.3, -0.25) is 4.79 Å². The van der Waals surface area contributed by atoms with Crippen LogP contribution in [0.4, 0.5) is 10.1 Å². The second-order valence-electron chi connectivity index (χ2n) is 7.04. The van der Waals surface area contributed by atoms with Crippen molar-refractivity contribution in [2.45, 2.75) is 27.3 Å². The van der Waals surface area contributed by atoms with Crippen LogP contribution in [0.25, 0.3) is 5.78 Å². The van der Waals surface area contributed by atoms with Gasteiger partial charge in [-0.15, -0.1) is 5.10 Å². The van der Waals surface area contributed by atoms with E-state index in [1.165, 1.54) is 17.0 Å². The molecule has 2 heterocycles. The normalized spacial score (nSPS) is 11.1. The monoisotopic (exact) mass is 423 g/mol. The molecule has 0 aliphatic carbocycles. The Labute approximate surface area is 178 Å².